The van der Waals surface area contributed by atoms with E-state index in [1.54, 1.807) is 6.20 Å². The number of thioether (sulfide) groups is 1. The molecule has 1 aromatic carbocycles. The summed E-state index contributed by atoms with van der Waals surface area (Å²) in [4.78, 5) is 15.8. The highest BCUT2D eigenvalue weighted by molar-refractivity contribution is 8.00. The maximum Gasteiger partial charge on any atom is 0.318 e. The molecule has 1 heterocycles. The minimum atomic E-state index is -0.285. The molecule has 0 spiro atoms. The lowest BCUT2D eigenvalue weighted by Crippen LogP contribution is -2.15. The SMILES string of the molecule is COC(=O)C(C)Sc1nccn1-c1ccc(C)cc1C. The first kappa shape index (κ1) is 14.7. The largest absolute Gasteiger partial charge is 0.468 e. The van der Waals surface area contributed by atoms with Crippen LogP contribution in [0.1, 0.15) is 18.1 Å². The molecular formula is C15H18N2O2S. The Morgan fingerprint density at radius 2 is 2.15 bits per heavy atom. The van der Waals surface area contributed by atoms with Crippen molar-refractivity contribution in [2.45, 2.75) is 31.2 Å². The Hall–Kier alpha value is -1.75. The van der Waals surface area contributed by atoms with Crippen LogP contribution in [0.25, 0.3) is 5.69 Å². The predicted octanol–water partition coefficient (Wildman–Crippen LogP) is 3.14. The first-order valence-electron chi connectivity index (χ1n) is 6.38. The fraction of sp³-hybridized carbons (Fsp3) is 0.333. The Labute approximate surface area is 123 Å². The van der Waals surface area contributed by atoms with Gasteiger partial charge >= 0.3 is 5.97 Å². The number of carbonyl (C=O) groups excluding carboxylic acids is 1. The molecule has 0 aliphatic carbocycles. The minimum absolute atomic E-state index is 0.245. The van der Waals surface area contributed by atoms with E-state index in [1.165, 1.54) is 30.0 Å². The molecule has 20 heavy (non-hydrogen) atoms. The van der Waals surface area contributed by atoms with Crippen molar-refractivity contribution in [1.29, 1.82) is 0 Å². The summed E-state index contributed by atoms with van der Waals surface area (Å²) in [6, 6.07) is 6.27. The van der Waals surface area contributed by atoms with Crippen LogP contribution < -0.4 is 0 Å². The van der Waals surface area contributed by atoms with Crippen LogP contribution in [0.2, 0.25) is 0 Å². The van der Waals surface area contributed by atoms with Gasteiger partial charge in [-0.25, -0.2) is 4.98 Å². The lowest BCUT2D eigenvalue weighted by molar-refractivity contribution is -0.139. The molecular weight excluding hydrogens is 272 g/mol. The van der Waals surface area contributed by atoms with E-state index in [9.17, 15) is 4.79 Å². The quantitative estimate of drug-likeness (QED) is 0.641. The van der Waals surface area contributed by atoms with Crippen molar-refractivity contribution in [3.8, 4) is 5.69 Å². The van der Waals surface area contributed by atoms with Crippen molar-refractivity contribution in [2.24, 2.45) is 0 Å². The number of nitrogens with zero attached hydrogens (tertiary/aromatic N) is 2. The number of hydrogen-bond acceptors (Lipinski definition) is 4. The highest BCUT2D eigenvalue weighted by atomic mass is 32.2. The zero-order valence-corrected chi connectivity index (χ0v) is 12.9. The van der Waals surface area contributed by atoms with E-state index < -0.39 is 0 Å². The van der Waals surface area contributed by atoms with Gasteiger partial charge in [0.1, 0.15) is 5.25 Å². The average Bonchev–Trinajstić information content (AvgIpc) is 2.85. The Bertz CT molecular complexity index is 622. The summed E-state index contributed by atoms with van der Waals surface area (Å²) < 4.78 is 6.75. The van der Waals surface area contributed by atoms with Gasteiger partial charge in [0.2, 0.25) is 0 Å². The third-order valence-electron chi connectivity index (χ3n) is 3.03. The van der Waals surface area contributed by atoms with Crippen LogP contribution in [0.4, 0.5) is 0 Å². The highest BCUT2D eigenvalue weighted by Gasteiger charge is 2.18. The molecule has 1 aromatic heterocycles. The van der Waals surface area contributed by atoms with Crippen molar-refractivity contribution in [1.82, 2.24) is 9.55 Å². The number of benzene rings is 1. The van der Waals surface area contributed by atoms with Gasteiger partial charge in [0.25, 0.3) is 0 Å². The van der Waals surface area contributed by atoms with Gasteiger partial charge < -0.3 is 4.74 Å². The number of imidazole rings is 1. The topological polar surface area (TPSA) is 44.1 Å². The smallest absolute Gasteiger partial charge is 0.318 e. The molecule has 0 aliphatic rings. The summed E-state index contributed by atoms with van der Waals surface area (Å²) in [5, 5.41) is 0.502. The lowest BCUT2D eigenvalue weighted by Gasteiger charge is -2.13. The number of aromatic nitrogens is 2. The van der Waals surface area contributed by atoms with E-state index in [4.69, 9.17) is 4.74 Å². The van der Waals surface area contributed by atoms with Gasteiger partial charge in [-0.05, 0) is 32.4 Å². The van der Waals surface area contributed by atoms with Crippen LogP contribution in [0.5, 0.6) is 0 Å². The van der Waals surface area contributed by atoms with Crippen LogP contribution >= 0.6 is 11.8 Å². The molecule has 1 atom stereocenters. The van der Waals surface area contributed by atoms with Gasteiger partial charge in [0, 0.05) is 12.4 Å². The van der Waals surface area contributed by atoms with E-state index in [0.29, 0.717) is 0 Å². The maximum absolute atomic E-state index is 11.5. The van der Waals surface area contributed by atoms with Gasteiger partial charge in [-0.2, -0.15) is 0 Å². The van der Waals surface area contributed by atoms with E-state index in [1.807, 2.05) is 17.7 Å². The number of methoxy groups -OCH3 is 1. The maximum atomic E-state index is 11.5. The van der Waals surface area contributed by atoms with Gasteiger partial charge in [0.05, 0.1) is 12.8 Å². The first-order valence-corrected chi connectivity index (χ1v) is 7.26. The Kier molecular flexibility index (Phi) is 4.49. The fourth-order valence-electron chi connectivity index (χ4n) is 2.01. The molecule has 0 saturated carbocycles. The van der Waals surface area contributed by atoms with Gasteiger partial charge in [-0.15, -0.1) is 0 Å². The second-order valence-electron chi connectivity index (χ2n) is 4.65. The summed E-state index contributed by atoms with van der Waals surface area (Å²) in [5.41, 5.74) is 3.48. The monoisotopic (exact) mass is 290 g/mol. The molecule has 106 valence electrons. The number of aryl methyl sites for hydroxylation is 2. The molecule has 2 rings (SSSR count). The molecule has 0 amide bonds. The number of esters is 1. The van der Waals surface area contributed by atoms with Crippen molar-refractivity contribution in [2.75, 3.05) is 7.11 Å². The zero-order chi connectivity index (χ0) is 14.7. The molecule has 0 N–H and O–H groups in total. The Balaban J connectivity index is 2.31. The average molecular weight is 290 g/mol. The number of rotatable bonds is 4. The van der Waals surface area contributed by atoms with Gasteiger partial charge in [0.15, 0.2) is 5.16 Å². The van der Waals surface area contributed by atoms with Crippen LogP contribution in [-0.4, -0.2) is 27.9 Å². The summed E-state index contributed by atoms with van der Waals surface area (Å²) in [5.74, 6) is -0.245. The zero-order valence-electron chi connectivity index (χ0n) is 12.1. The lowest BCUT2D eigenvalue weighted by atomic mass is 10.1. The molecule has 1 unspecified atom stereocenters. The van der Waals surface area contributed by atoms with Crippen LogP contribution in [-0.2, 0) is 9.53 Å². The Morgan fingerprint density at radius 3 is 2.80 bits per heavy atom. The second kappa shape index (κ2) is 6.13. The van der Waals surface area contributed by atoms with Crippen molar-refractivity contribution >= 4 is 17.7 Å². The van der Waals surface area contributed by atoms with Crippen LogP contribution in [0.3, 0.4) is 0 Å². The predicted molar refractivity (Wildman–Crippen MR) is 80.4 cm³/mol. The second-order valence-corrected chi connectivity index (χ2v) is 5.96. The van der Waals surface area contributed by atoms with Crippen LogP contribution in [0, 0.1) is 13.8 Å². The summed E-state index contributed by atoms with van der Waals surface area (Å²) in [6.45, 7) is 5.96. The molecule has 5 heteroatoms. The van der Waals surface area contributed by atoms with Crippen LogP contribution in [0.15, 0.2) is 35.7 Å². The summed E-state index contributed by atoms with van der Waals surface area (Å²) in [6.07, 6.45) is 3.65. The molecule has 0 bridgehead atoms. The first-order chi connectivity index (χ1) is 9.52. The molecule has 0 fully saturated rings. The van der Waals surface area contributed by atoms with E-state index in [2.05, 4.69) is 37.0 Å². The normalized spacial score (nSPS) is 12.2. The van der Waals surface area contributed by atoms with E-state index in [-0.39, 0.29) is 11.2 Å². The third-order valence-corrected chi connectivity index (χ3v) is 4.09. The molecule has 0 radical (unpaired) electrons. The Morgan fingerprint density at radius 1 is 1.40 bits per heavy atom. The summed E-state index contributed by atoms with van der Waals surface area (Å²) >= 11 is 1.39. The van der Waals surface area contributed by atoms with Crippen molar-refractivity contribution < 1.29 is 9.53 Å². The molecule has 4 nitrogen and oxygen atoms in total. The molecule has 2 aromatic rings. The standard InChI is InChI=1S/C15H18N2O2S/c1-10-5-6-13(11(2)9-10)17-8-7-16-15(17)20-12(3)14(18)19-4/h5-9,12H,1-4H3. The molecule has 0 saturated heterocycles. The number of ether oxygens (including phenoxy) is 1. The fourth-order valence-corrected chi connectivity index (χ4v) is 2.91. The molecule has 0 aliphatic heterocycles. The number of hydrogen-bond donors (Lipinski definition) is 0. The van der Waals surface area contributed by atoms with Crippen molar-refractivity contribution in [3.05, 3.63) is 41.7 Å². The number of carbonyl (C=O) groups is 1. The van der Waals surface area contributed by atoms with Gasteiger partial charge in [-0.3, -0.25) is 9.36 Å². The highest BCUT2D eigenvalue weighted by Crippen LogP contribution is 2.26. The van der Waals surface area contributed by atoms with Gasteiger partial charge in [-0.1, -0.05) is 29.5 Å². The minimum Gasteiger partial charge on any atom is -0.468 e. The van der Waals surface area contributed by atoms with E-state index >= 15 is 0 Å². The summed E-state index contributed by atoms with van der Waals surface area (Å²) in [7, 11) is 1.40. The van der Waals surface area contributed by atoms with Crippen molar-refractivity contribution in [3.63, 3.8) is 0 Å². The van der Waals surface area contributed by atoms with E-state index in [0.717, 1.165) is 10.8 Å². The third kappa shape index (κ3) is 3.04.